The van der Waals surface area contributed by atoms with Gasteiger partial charge < -0.3 is 16.2 Å². The van der Waals surface area contributed by atoms with E-state index in [1.807, 2.05) is 25.1 Å². The molecule has 84 valence electrons. The minimum absolute atomic E-state index is 0.0211. The number of hydrogen-bond donors (Lipinski definition) is 2. The van der Waals surface area contributed by atoms with E-state index >= 15 is 0 Å². The molecule has 0 heterocycles. The highest BCUT2D eigenvalue weighted by Gasteiger charge is 2.10. The van der Waals surface area contributed by atoms with Crippen molar-refractivity contribution < 1.29 is 4.74 Å². The minimum Gasteiger partial charge on any atom is -0.496 e. The van der Waals surface area contributed by atoms with Crippen molar-refractivity contribution in [3.05, 3.63) is 28.2 Å². The Balaban J connectivity index is 2.82. The molecule has 15 heavy (non-hydrogen) atoms. The average molecular weight is 273 g/mol. The first-order valence-electron chi connectivity index (χ1n) is 4.89. The number of benzene rings is 1. The summed E-state index contributed by atoms with van der Waals surface area (Å²) in [7, 11) is 1.64. The highest BCUT2D eigenvalue weighted by molar-refractivity contribution is 9.10. The lowest BCUT2D eigenvalue weighted by atomic mass is 10.0. The van der Waals surface area contributed by atoms with Crippen molar-refractivity contribution >= 4 is 15.9 Å². The fourth-order valence-electron chi connectivity index (χ4n) is 1.45. The maximum atomic E-state index is 6.01. The Hall–Kier alpha value is -0.580. The molecule has 0 amide bonds. The van der Waals surface area contributed by atoms with Gasteiger partial charge in [-0.3, -0.25) is 0 Å². The number of nitrogens with two attached hydrogens (primary N) is 2. The van der Waals surface area contributed by atoms with E-state index in [0.29, 0.717) is 0 Å². The molecule has 2 atom stereocenters. The molecule has 2 unspecified atom stereocenters. The maximum Gasteiger partial charge on any atom is 0.133 e. The maximum absolute atomic E-state index is 6.01. The molecule has 0 saturated heterocycles. The van der Waals surface area contributed by atoms with Gasteiger partial charge in [0.1, 0.15) is 5.75 Å². The summed E-state index contributed by atoms with van der Waals surface area (Å²) in [5.74, 6) is 0.812. The largest absolute Gasteiger partial charge is 0.496 e. The highest BCUT2D eigenvalue weighted by Crippen LogP contribution is 2.28. The first-order valence-corrected chi connectivity index (χ1v) is 5.68. The standard InChI is InChI=1S/C11H17BrN2O/c1-7(13)5-10(14)8-3-4-11(15-2)9(12)6-8/h3-4,6-7,10H,5,13-14H2,1-2H3. The van der Waals surface area contributed by atoms with Crippen LogP contribution in [0.3, 0.4) is 0 Å². The third kappa shape index (κ3) is 3.48. The molecule has 1 aromatic carbocycles. The van der Waals surface area contributed by atoms with E-state index in [0.717, 1.165) is 22.2 Å². The van der Waals surface area contributed by atoms with Gasteiger partial charge in [-0.25, -0.2) is 0 Å². The number of methoxy groups -OCH3 is 1. The average Bonchev–Trinajstić information content (AvgIpc) is 2.16. The van der Waals surface area contributed by atoms with E-state index < -0.39 is 0 Å². The summed E-state index contributed by atoms with van der Waals surface area (Å²) in [6, 6.07) is 5.94. The number of hydrogen-bond acceptors (Lipinski definition) is 3. The normalized spacial score (nSPS) is 14.7. The van der Waals surface area contributed by atoms with Crippen molar-refractivity contribution in [2.24, 2.45) is 11.5 Å². The molecule has 0 fully saturated rings. The van der Waals surface area contributed by atoms with Gasteiger partial charge in [-0.1, -0.05) is 6.07 Å². The summed E-state index contributed by atoms with van der Waals surface area (Å²) in [5, 5.41) is 0. The third-order valence-corrected chi connectivity index (χ3v) is 2.85. The Morgan fingerprint density at radius 1 is 1.40 bits per heavy atom. The fourth-order valence-corrected chi connectivity index (χ4v) is 2.01. The molecule has 1 rings (SSSR count). The summed E-state index contributed by atoms with van der Waals surface area (Å²) in [5.41, 5.74) is 12.8. The Bertz CT molecular complexity index is 328. The molecular formula is C11H17BrN2O. The van der Waals surface area contributed by atoms with E-state index in [1.54, 1.807) is 7.11 Å². The van der Waals surface area contributed by atoms with Crippen molar-refractivity contribution in [3.63, 3.8) is 0 Å². The monoisotopic (exact) mass is 272 g/mol. The van der Waals surface area contributed by atoms with Crippen LogP contribution in [0.25, 0.3) is 0 Å². The summed E-state index contributed by atoms with van der Waals surface area (Å²) >= 11 is 3.43. The molecule has 0 aliphatic heterocycles. The van der Waals surface area contributed by atoms with Crippen LogP contribution in [0.2, 0.25) is 0 Å². The van der Waals surface area contributed by atoms with Gasteiger partial charge in [0, 0.05) is 12.1 Å². The van der Waals surface area contributed by atoms with E-state index in [9.17, 15) is 0 Å². The summed E-state index contributed by atoms with van der Waals surface area (Å²) in [6.07, 6.45) is 0.777. The van der Waals surface area contributed by atoms with Gasteiger partial charge in [0.15, 0.2) is 0 Å². The zero-order valence-corrected chi connectivity index (χ0v) is 10.6. The SMILES string of the molecule is COc1ccc(C(N)CC(C)N)cc1Br. The topological polar surface area (TPSA) is 61.3 Å². The lowest BCUT2D eigenvalue weighted by molar-refractivity contribution is 0.411. The van der Waals surface area contributed by atoms with Crippen molar-refractivity contribution in [1.82, 2.24) is 0 Å². The van der Waals surface area contributed by atoms with Crippen LogP contribution >= 0.6 is 15.9 Å². The quantitative estimate of drug-likeness (QED) is 0.884. The molecule has 0 aromatic heterocycles. The molecule has 3 nitrogen and oxygen atoms in total. The number of ether oxygens (including phenoxy) is 1. The number of rotatable bonds is 4. The summed E-state index contributed by atoms with van der Waals surface area (Å²) in [6.45, 7) is 1.96. The van der Waals surface area contributed by atoms with E-state index in [-0.39, 0.29) is 12.1 Å². The Labute approximate surface area is 98.9 Å². The molecule has 1 aromatic rings. The molecule has 0 saturated carbocycles. The van der Waals surface area contributed by atoms with Gasteiger partial charge in [-0.15, -0.1) is 0 Å². The second-order valence-corrected chi connectivity index (χ2v) is 4.57. The molecule has 0 spiro atoms. The van der Waals surface area contributed by atoms with Gasteiger partial charge in [0.05, 0.1) is 11.6 Å². The predicted octanol–water partition coefficient (Wildman–Crippen LogP) is 2.19. The highest BCUT2D eigenvalue weighted by atomic mass is 79.9. The van der Waals surface area contributed by atoms with Gasteiger partial charge in [0.2, 0.25) is 0 Å². The lowest BCUT2D eigenvalue weighted by Gasteiger charge is -2.15. The van der Waals surface area contributed by atoms with E-state index in [4.69, 9.17) is 16.2 Å². The second-order valence-electron chi connectivity index (χ2n) is 3.71. The van der Waals surface area contributed by atoms with Gasteiger partial charge in [-0.2, -0.15) is 0 Å². The van der Waals surface area contributed by atoms with Crippen LogP contribution in [-0.4, -0.2) is 13.2 Å². The molecule has 4 heteroatoms. The van der Waals surface area contributed by atoms with E-state index in [2.05, 4.69) is 15.9 Å². The molecule has 0 radical (unpaired) electrons. The van der Waals surface area contributed by atoms with Crippen LogP contribution in [0.15, 0.2) is 22.7 Å². The minimum atomic E-state index is -0.0211. The van der Waals surface area contributed by atoms with Crippen LogP contribution in [0.5, 0.6) is 5.75 Å². The first kappa shape index (κ1) is 12.5. The smallest absolute Gasteiger partial charge is 0.133 e. The second kappa shape index (κ2) is 5.49. The zero-order chi connectivity index (χ0) is 11.4. The lowest BCUT2D eigenvalue weighted by Crippen LogP contribution is -2.23. The van der Waals surface area contributed by atoms with Crippen molar-refractivity contribution in [2.45, 2.75) is 25.4 Å². The van der Waals surface area contributed by atoms with Gasteiger partial charge >= 0.3 is 0 Å². The van der Waals surface area contributed by atoms with Crippen LogP contribution in [0.4, 0.5) is 0 Å². The number of halogens is 1. The Kier molecular flexibility index (Phi) is 4.57. The van der Waals surface area contributed by atoms with Crippen LogP contribution < -0.4 is 16.2 Å². The Morgan fingerprint density at radius 2 is 2.07 bits per heavy atom. The Morgan fingerprint density at radius 3 is 2.53 bits per heavy atom. The van der Waals surface area contributed by atoms with Crippen molar-refractivity contribution in [1.29, 1.82) is 0 Å². The third-order valence-electron chi connectivity index (χ3n) is 2.23. The van der Waals surface area contributed by atoms with Crippen LogP contribution in [0, 0.1) is 0 Å². The van der Waals surface area contributed by atoms with Gasteiger partial charge in [0.25, 0.3) is 0 Å². The summed E-state index contributed by atoms with van der Waals surface area (Å²) < 4.78 is 6.07. The van der Waals surface area contributed by atoms with Crippen LogP contribution in [-0.2, 0) is 0 Å². The van der Waals surface area contributed by atoms with Crippen molar-refractivity contribution in [3.8, 4) is 5.75 Å². The van der Waals surface area contributed by atoms with Crippen LogP contribution in [0.1, 0.15) is 24.9 Å². The molecule has 0 aliphatic carbocycles. The molecular weight excluding hydrogens is 256 g/mol. The first-order chi connectivity index (χ1) is 7.04. The summed E-state index contributed by atoms with van der Waals surface area (Å²) in [4.78, 5) is 0. The molecule has 0 aliphatic rings. The molecule has 4 N–H and O–H groups in total. The fraction of sp³-hybridized carbons (Fsp3) is 0.455. The van der Waals surface area contributed by atoms with E-state index in [1.165, 1.54) is 0 Å². The zero-order valence-electron chi connectivity index (χ0n) is 9.03. The van der Waals surface area contributed by atoms with Crippen molar-refractivity contribution in [2.75, 3.05) is 7.11 Å². The predicted molar refractivity (Wildman–Crippen MR) is 65.9 cm³/mol. The molecule has 0 bridgehead atoms. The van der Waals surface area contributed by atoms with Gasteiger partial charge in [-0.05, 0) is 47.0 Å².